The van der Waals surface area contributed by atoms with Crippen LogP contribution in [0.3, 0.4) is 0 Å². The van der Waals surface area contributed by atoms with E-state index in [1.807, 2.05) is 30.3 Å². The fourth-order valence-corrected chi connectivity index (χ4v) is 1.94. The summed E-state index contributed by atoms with van der Waals surface area (Å²) in [5.41, 5.74) is 1.54. The lowest BCUT2D eigenvalue weighted by molar-refractivity contribution is 0.0787. The van der Waals surface area contributed by atoms with E-state index in [1.54, 1.807) is 22.8 Å². The Morgan fingerprint density at radius 1 is 1.30 bits per heavy atom. The third-order valence-electron chi connectivity index (χ3n) is 3.14. The van der Waals surface area contributed by atoms with Gasteiger partial charge in [-0.2, -0.15) is 0 Å². The van der Waals surface area contributed by atoms with Crippen molar-refractivity contribution in [3.8, 4) is 0 Å². The zero-order valence-electron chi connectivity index (χ0n) is 12.0. The predicted octanol–water partition coefficient (Wildman–Crippen LogP) is 2.20. The number of benzene rings is 1. The molecule has 2 aromatic rings. The van der Waals surface area contributed by atoms with E-state index in [2.05, 4.69) is 17.2 Å². The molecule has 0 aliphatic heterocycles. The van der Waals surface area contributed by atoms with Crippen LogP contribution in [0.2, 0.25) is 0 Å². The van der Waals surface area contributed by atoms with E-state index in [-0.39, 0.29) is 5.91 Å². The molecule has 2 rings (SSSR count). The van der Waals surface area contributed by atoms with Crippen LogP contribution in [0, 0.1) is 0 Å². The van der Waals surface area contributed by atoms with E-state index in [1.165, 1.54) is 0 Å². The maximum absolute atomic E-state index is 12.1. The largest absolute Gasteiger partial charge is 0.340 e. The maximum Gasteiger partial charge on any atom is 0.275 e. The van der Waals surface area contributed by atoms with Crippen LogP contribution in [0.15, 0.2) is 36.5 Å². The molecule has 106 valence electrons. The molecular formula is C15H20N4O. The zero-order valence-corrected chi connectivity index (χ0v) is 12.0. The molecule has 0 aliphatic carbocycles. The minimum Gasteiger partial charge on any atom is -0.340 e. The molecule has 0 bridgehead atoms. The van der Waals surface area contributed by atoms with Gasteiger partial charge in [0.15, 0.2) is 5.69 Å². The van der Waals surface area contributed by atoms with Crippen LogP contribution < -0.4 is 0 Å². The number of nitrogens with zero attached hydrogens (tertiary/aromatic N) is 4. The quantitative estimate of drug-likeness (QED) is 0.810. The molecule has 1 aromatic heterocycles. The van der Waals surface area contributed by atoms with Gasteiger partial charge in [0.05, 0.1) is 12.7 Å². The van der Waals surface area contributed by atoms with Crippen molar-refractivity contribution in [2.24, 2.45) is 0 Å². The van der Waals surface area contributed by atoms with Crippen LogP contribution in [0.25, 0.3) is 0 Å². The molecule has 5 heteroatoms. The number of unbranched alkanes of at least 4 members (excludes halogenated alkanes) is 1. The number of rotatable bonds is 6. The molecule has 1 aromatic carbocycles. The molecule has 0 spiro atoms. The molecule has 0 radical (unpaired) electrons. The lowest BCUT2D eigenvalue weighted by Crippen LogP contribution is -2.28. The van der Waals surface area contributed by atoms with Crippen molar-refractivity contribution >= 4 is 5.91 Å². The highest BCUT2D eigenvalue weighted by molar-refractivity contribution is 5.91. The number of amides is 1. The van der Waals surface area contributed by atoms with Crippen LogP contribution in [0.4, 0.5) is 0 Å². The van der Waals surface area contributed by atoms with Gasteiger partial charge in [-0.3, -0.25) is 4.79 Å². The van der Waals surface area contributed by atoms with Gasteiger partial charge in [-0.15, -0.1) is 5.10 Å². The van der Waals surface area contributed by atoms with Gasteiger partial charge in [0.2, 0.25) is 0 Å². The van der Waals surface area contributed by atoms with Crippen molar-refractivity contribution in [3.63, 3.8) is 0 Å². The second kappa shape index (κ2) is 6.84. The molecular weight excluding hydrogens is 252 g/mol. The summed E-state index contributed by atoms with van der Waals surface area (Å²) in [6.07, 6.45) is 3.77. The van der Waals surface area contributed by atoms with Crippen LogP contribution >= 0.6 is 0 Å². The first-order valence-electron chi connectivity index (χ1n) is 6.90. The lowest BCUT2D eigenvalue weighted by atomic mass is 10.2. The first kappa shape index (κ1) is 14.2. The van der Waals surface area contributed by atoms with Gasteiger partial charge in [-0.05, 0) is 12.0 Å². The number of carbonyl (C=O) groups is 1. The van der Waals surface area contributed by atoms with Crippen LogP contribution in [-0.2, 0) is 6.54 Å². The number of carbonyl (C=O) groups excluding carboxylic acids is 1. The average molecular weight is 272 g/mol. The summed E-state index contributed by atoms with van der Waals surface area (Å²) in [5, 5.41) is 7.98. The number of hydrogen-bond donors (Lipinski definition) is 0. The molecule has 1 heterocycles. The summed E-state index contributed by atoms with van der Waals surface area (Å²) >= 11 is 0. The Kier molecular flexibility index (Phi) is 4.87. The Morgan fingerprint density at radius 2 is 2.05 bits per heavy atom. The highest BCUT2D eigenvalue weighted by atomic mass is 16.2. The molecule has 0 aliphatic rings. The predicted molar refractivity (Wildman–Crippen MR) is 77.4 cm³/mol. The molecule has 5 nitrogen and oxygen atoms in total. The maximum atomic E-state index is 12.1. The Bertz CT molecular complexity index is 550. The monoisotopic (exact) mass is 272 g/mol. The van der Waals surface area contributed by atoms with Crippen molar-refractivity contribution in [1.29, 1.82) is 0 Å². The number of hydrogen-bond acceptors (Lipinski definition) is 3. The van der Waals surface area contributed by atoms with Gasteiger partial charge in [0.25, 0.3) is 5.91 Å². The van der Waals surface area contributed by atoms with Crippen LogP contribution in [0.5, 0.6) is 0 Å². The number of aromatic nitrogens is 3. The fourth-order valence-electron chi connectivity index (χ4n) is 1.94. The summed E-state index contributed by atoms with van der Waals surface area (Å²) in [6, 6.07) is 9.99. The molecule has 0 saturated carbocycles. The normalized spacial score (nSPS) is 10.5. The minimum atomic E-state index is -0.0715. The molecule has 0 atom stereocenters. The summed E-state index contributed by atoms with van der Waals surface area (Å²) in [7, 11) is 1.80. The highest BCUT2D eigenvalue weighted by Gasteiger charge is 2.15. The van der Waals surface area contributed by atoms with Crippen LogP contribution in [0.1, 0.15) is 35.8 Å². The third-order valence-corrected chi connectivity index (χ3v) is 3.14. The standard InChI is InChI=1S/C15H20N4O/c1-3-4-10-18(2)15(20)14-12-19(17-16-14)11-13-8-6-5-7-9-13/h5-9,12H,3-4,10-11H2,1-2H3. The van der Waals surface area contributed by atoms with Gasteiger partial charge < -0.3 is 4.90 Å². The van der Waals surface area contributed by atoms with Crippen molar-refractivity contribution in [3.05, 3.63) is 47.8 Å². The van der Waals surface area contributed by atoms with E-state index in [9.17, 15) is 4.79 Å². The second-order valence-corrected chi connectivity index (χ2v) is 4.87. The molecule has 20 heavy (non-hydrogen) atoms. The zero-order chi connectivity index (χ0) is 14.4. The summed E-state index contributed by atoms with van der Waals surface area (Å²) < 4.78 is 1.69. The van der Waals surface area contributed by atoms with Crippen molar-refractivity contribution in [2.75, 3.05) is 13.6 Å². The lowest BCUT2D eigenvalue weighted by Gasteiger charge is -2.14. The van der Waals surface area contributed by atoms with E-state index >= 15 is 0 Å². The molecule has 1 amide bonds. The first-order valence-corrected chi connectivity index (χ1v) is 6.90. The van der Waals surface area contributed by atoms with Crippen molar-refractivity contribution in [2.45, 2.75) is 26.3 Å². The van der Waals surface area contributed by atoms with Gasteiger partial charge >= 0.3 is 0 Å². The fraction of sp³-hybridized carbons (Fsp3) is 0.400. The highest BCUT2D eigenvalue weighted by Crippen LogP contribution is 2.04. The average Bonchev–Trinajstić information content (AvgIpc) is 2.93. The van der Waals surface area contributed by atoms with Crippen molar-refractivity contribution < 1.29 is 4.79 Å². The van der Waals surface area contributed by atoms with E-state index in [0.717, 1.165) is 24.9 Å². The van der Waals surface area contributed by atoms with Crippen molar-refractivity contribution in [1.82, 2.24) is 19.9 Å². The molecule has 0 fully saturated rings. The first-order chi connectivity index (χ1) is 9.70. The Hall–Kier alpha value is -2.17. The molecule has 0 saturated heterocycles. The minimum absolute atomic E-state index is 0.0715. The summed E-state index contributed by atoms with van der Waals surface area (Å²) in [4.78, 5) is 13.8. The van der Waals surface area contributed by atoms with Gasteiger partial charge in [0, 0.05) is 13.6 Å². The summed E-state index contributed by atoms with van der Waals surface area (Å²) in [5.74, 6) is -0.0715. The van der Waals surface area contributed by atoms with E-state index in [4.69, 9.17) is 0 Å². The Balaban J connectivity index is 2.00. The van der Waals surface area contributed by atoms with Gasteiger partial charge in [-0.25, -0.2) is 4.68 Å². The Morgan fingerprint density at radius 3 is 2.75 bits per heavy atom. The third kappa shape index (κ3) is 3.66. The SMILES string of the molecule is CCCCN(C)C(=O)c1cn(Cc2ccccc2)nn1. The topological polar surface area (TPSA) is 51.0 Å². The molecule has 0 N–H and O–H groups in total. The van der Waals surface area contributed by atoms with Gasteiger partial charge in [0.1, 0.15) is 0 Å². The molecule has 0 unspecified atom stereocenters. The van der Waals surface area contributed by atoms with Gasteiger partial charge in [-0.1, -0.05) is 48.9 Å². The summed E-state index contributed by atoms with van der Waals surface area (Å²) in [6.45, 7) is 3.48. The van der Waals surface area contributed by atoms with Crippen LogP contribution in [-0.4, -0.2) is 39.4 Å². The second-order valence-electron chi connectivity index (χ2n) is 4.87. The Labute approximate surface area is 119 Å². The smallest absolute Gasteiger partial charge is 0.275 e. The van der Waals surface area contributed by atoms with E-state index < -0.39 is 0 Å². The van der Waals surface area contributed by atoms with E-state index in [0.29, 0.717) is 12.2 Å².